The molecule has 2 aromatic heterocycles. The van der Waals surface area contributed by atoms with Gasteiger partial charge in [0.15, 0.2) is 10.9 Å². The lowest BCUT2D eigenvalue weighted by Gasteiger charge is -2.15. The van der Waals surface area contributed by atoms with Gasteiger partial charge in [-0.2, -0.15) is 0 Å². The van der Waals surface area contributed by atoms with Crippen molar-refractivity contribution >= 4 is 50.7 Å². The Morgan fingerprint density at radius 3 is 2.48 bits per heavy atom. The fourth-order valence-corrected chi connectivity index (χ4v) is 5.34. The second kappa shape index (κ2) is 9.78. The average molecular weight is 458 g/mol. The van der Waals surface area contributed by atoms with E-state index in [1.54, 1.807) is 28.8 Å². The quantitative estimate of drug-likeness (QED) is 0.279. The van der Waals surface area contributed by atoms with Gasteiger partial charge in [0.25, 0.3) is 5.56 Å². The topological polar surface area (TPSA) is 81.1 Å². The predicted molar refractivity (Wildman–Crippen MR) is 129 cm³/mol. The van der Waals surface area contributed by atoms with Crippen LogP contribution in [0.15, 0.2) is 34.2 Å². The van der Waals surface area contributed by atoms with E-state index in [2.05, 4.69) is 5.32 Å². The number of fused-ring (bicyclic) bond motifs is 1. The number of amides is 1. The number of hydrogen-bond donors (Lipinski definition) is 1. The zero-order valence-electron chi connectivity index (χ0n) is 18.4. The number of aryl methyl sites for hydroxylation is 2. The Hall–Kier alpha value is -2.45. The van der Waals surface area contributed by atoms with E-state index in [0.29, 0.717) is 28.2 Å². The highest BCUT2D eigenvalue weighted by Gasteiger charge is 2.19. The van der Waals surface area contributed by atoms with Gasteiger partial charge in [0.1, 0.15) is 4.83 Å². The summed E-state index contributed by atoms with van der Waals surface area (Å²) < 4.78 is 1.67. The lowest BCUT2D eigenvalue weighted by atomic mass is 10.1. The molecule has 3 rings (SSSR count). The Morgan fingerprint density at radius 1 is 1.19 bits per heavy atom. The van der Waals surface area contributed by atoms with Crippen molar-refractivity contribution in [1.29, 1.82) is 0 Å². The van der Waals surface area contributed by atoms with Crippen LogP contribution in [-0.2, 0) is 4.79 Å². The number of nitrogens with zero attached hydrogens (tertiary/aromatic N) is 2. The van der Waals surface area contributed by atoms with Crippen LogP contribution in [0.5, 0.6) is 0 Å². The maximum absolute atomic E-state index is 13.1. The molecular weight excluding hydrogens is 430 g/mol. The van der Waals surface area contributed by atoms with Crippen LogP contribution in [0, 0.1) is 13.8 Å². The molecular formula is C23H27N3O3S2. The van der Waals surface area contributed by atoms with Crippen molar-refractivity contribution < 1.29 is 9.59 Å². The monoisotopic (exact) mass is 457 g/mol. The number of carbonyl (C=O) groups is 2. The van der Waals surface area contributed by atoms with Crippen molar-refractivity contribution in [2.75, 3.05) is 11.1 Å². The van der Waals surface area contributed by atoms with Crippen LogP contribution in [0.2, 0.25) is 0 Å². The molecule has 1 amide bonds. The Bertz CT molecular complexity index is 1180. The third-order valence-corrected chi connectivity index (χ3v) is 7.07. The van der Waals surface area contributed by atoms with Gasteiger partial charge >= 0.3 is 0 Å². The third kappa shape index (κ3) is 5.07. The average Bonchev–Trinajstić information content (AvgIpc) is 3.00. The third-order valence-electron chi connectivity index (χ3n) is 5.02. The molecule has 0 aliphatic carbocycles. The molecule has 164 valence electrons. The normalized spacial score (nSPS) is 11.3. The molecule has 0 atom stereocenters. The number of thioether (sulfide) groups is 1. The predicted octanol–water partition coefficient (Wildman–Crippen LogP) is 5.37. The van der Waals surface area contributed by atoms with Gasteiger partial charge in [-0.15, -0.1) is 11.3 Å². The van der Waals surface area contributed by atoms with Crippen molar-refractivity contribution in [3.8, 4) is 0 Å². The van der Waals surface area contributed by atoms with Gasteiger partial charge in [-0.1, -0.05) is 18.7 Å². The molecule has 2 heterocycles. The number of nitrogens with one attached hydrogen (secondary N) is 1. The molecule has 0 bridgehead atoms. The second-order valence-electron chi connectivity index (χ2n) is 7.71. The van der Waals surface area contributed by atoms with Gasteiger partial charge < -0.3 is 5.32 Å². The van der Waals surface area contributed by atoms with Crippen LogP contribution >= 0.6 is 23.1 Å². The van der Waals surface area contributed by atoms with E-state index in [4.69, 9.17) is 4.98 Å². The summed E-state index contributed by atoms with van der Waals surface area (Å²) in [6, 6.07) is 6.83. The number of thiophene rings is 1. The summed E-state index contributed by atoms with van der Waals surface area (Å²) in [5, 5.41) is 4.05. The van der Waals surface area contributed by atoms with Crippen LogP contribution < -0.4 is 10.9 Å². The number of Topliss-reactive ketones (excluding diaryl/α,β-unsaturated/α-hetero) is 1. The van der Waals surface area contributed by atoms with Crippen molar-refractivity contribution in [3.05, 3.63) is 50.6 Å². The minimum absolute atomic E-state index is 0.0377. The molecule has 0 aliphatic rings. The Balaban J connectivity index is 1.79. The van der Waals surface area contributed by atoms with Crippen LogP contribution in [-0.4, -0.2) is 27.0 Å². The number of rotatable bonds is 8. The van der Waals surface area contributed by atoms with Gasteiger partial charge in [0.05, 0.1) is 11.1 Å². The van der Waals surface area contributed by atoms with E-state index < -0.39 is 0 Å². The van der Waals surface area contributed by atoms with Crippen LogP contribution in [0.25, 0.3) is 10.2 Å². The number of benzene rings is 1. The van der Waals surface area contributed by atoms with E-state index in [9.17, 15) is 14.4 Å². The number of aromatic nitrogens is 2. The largest absolute Gasteiger partial charge is 0.326 e. The summed E-state index contributed by atoms with van der Waals surface area (Å²) in [6.07, 6.45) is 1.25. The Labute approximate surface area is 190 Å². The van der Waals surface area contributed by atoms with Gasteiger partial charge in [-0.3, -0.25) is 19.0 Å². The van der Waals surface area contributed by atoms with Gasteiger partial charge in [-0.05, 0) is 63.9 Å². The van der Waals surface area contributed by atoms with Crippen molar-refractivity contribution in [1.82, 2.24) is 9.55 Å². The molecule has 0 unspecified atom stereocenters. The highest BCUT2D eigenvalue weighted by atomic mass is 32.2. The van der Waals surface area contributed by atoms with Crippen LogP contribution in [0.4, 0.5) is 5.69 Å². The lowest BCUT2D eigenvalue weighted by molar-refractivity contribution is -0.116. The van der Waals surface area contributed by atoms with Crippen molar-refractivity contribution in [2.45, 2.75) is 58.7 Å². The van der Waals surface area contributed by atoms with E-state index in [0.717, 1.165) is 21.7 Å². The molecule has 0 saturated heterocycles. The fourth-order valence-electron chi connectivity index (χ4n) is 3.25. The molecule has 0 aliphatic heterocycles. The Morgan fingerprint density at radius 2 is 1.87 bits per heavy atom. The SMILES string of the molecule is CCCC(=O)Nc1ccc(C(=O)CSc2nc3sc(C)c(C)c3c(=O)n2C(C)C)cc1. The van der Waals surface area contributed by atoms with E-state index in [1.807, 2.05) is 34.6 Å². The number of carbonyl (C=O) groups excluding carboxylic acids is 2. The maximum Gasteiger partial charge on any atom is 0.263 e. The minimum atomic E-state index is -0.0624. The highest BCUT2D eigenvalue weighted by molar-refractivity contribution is 7.99. The van der Waals surface area contributed by atoms with E-state index in [1.165, 1.54) is 23.1 Å². The smallest absolute Gasteiger partial charge is 0.263 e. The first-order chi connectivity index (χ1) is 14.7. The minimum Gasteiger partial charge on any atom is -0.326 e. The van der Waals surface area contributed by atoms with Gasteiger partial charge in [-0.25, -0.2) is 4.98 Å². The summed E-state index contributed by atoms with van der Waals surface area (Å²) in [7, 11) is 0. The molecule has 1 N–H and O–H groups in total. The molecule has 0 saturated carbocycles. The lowest BCUT2D eigenvalue weighted by Crippen LogP contribution is -2.25. The van der Waals surface area contributed by atoms with Gasteiger partial charge in [0, 0.05) is 28.6 Å². The molecule has 31 heavy (non-hydrogen) atoms. The molecule has 1 aromatic carbocycles. The zero-order valence-corrected chi connectivity index (χ0v) is 20.1. The first-order valence-corrected chi connectivity index (χ1v) is 12.1. The fraction of sp³-hybridized carbons (Fsp3) is 0.391. The zero-order chi connectivity index (χ0) is 22.7. The summed E-state index contributed by atoms with van der Waals surface area (Å²) in [5.74, 6) is 0.0826. The van der Waals surface area contributed by atoms with Crippen molar-refractivity contribution in [3.63, 3.8) is 0 Å². The summed E-state index contributed by atoms with van der Waals surface area (Å²) in [4.78, 5) is 44.1. The second-order valence-corrected chi connectivity index (χ2v) is 9.86. The maximum atomic E-state index is 13.1. The van der Waals surface area contributed by atoms with Crippen LogP contribution in [0.3, 0.4) is 0 Å². The molecule has 3 aromatic rings. The van der Waals surface area contributed by atoms with Gasteiger partial charge in [0.2, 0.25) is 5.91 Å². The molecule has 6 nitrogen and oxygen atoms in total. The Kier molecular flexibility index (Phi) is 7.33. The van der Waals surface area contributed by atoms with Crippen molar-refractivity contribution in [2.24, 2.45) is 0 Å². The summed E-state index contributed by atoms with van der Waals surface area (Å²) >= 11 is 2.79. The van der Waals surface area contributed by atoms with E-state index in [-0.39, 0.29) is 29.0 Å². The first-order valence-electron chi connectivity index (χ1n) is 10.3. The number of ketones is 1. The molecule has 0 radical (unpaired) electrons. The van der Waals surface area contributed by atoms with Crippen LogP contribution in [0.1, 0.15) is 60.5 Å². The molecule has 0 spiro atoms. The standard InChI is InChI=1S/C23H27N3O3S2/c1-6-7-19(28)24-17-10-8-16(9-11-17)18(27)12-30-23-25-21-20(14(4)15(5)31-21)22(29)26(23)13(2)3/h8-11,13H,6-7,12H2,1-5H3,(H,24,28). The molecule has 8 heteroatoms. The number of hydrogen-bond acceptors (Lipinski definition) is 6. The van der Waals surface area contributed by atoms with E-state index >= 15 is 0 Å². The highest BCUT2D eigenvalue weighted by Crippen LogP contribution is 2.29. The first kappa shape index (κ1) is 23.2. The summed E-state index contributed by atoms with van der Waals surface area (Å²) in [5.41, 5.74) is 2.16. The summed E-state index contributed by atoms with van der Waals surface area (Å²) in [6.45, 7) is 9.78. The number of anilines is 1. The molecule has 0 fully saturated rings.